The molecule has 1 rings (SSSR count). The highest BCUT2D eigenvalue weighted by atomic mass is 32.2. The third-order valence-corrected chi connectivity index (χ3v) is 3.63. The van der Waals surface area contributed by atoms with Crippen LogP contribution in [0, 0.1) is 0 Å². The van der Waals surface area contributed by atoms with Gasteiger partial charge in [0.15, 0.2) is 5.17 Å². The standard InChI is InChI=1S/C9H18N2S2/c1-3-8-4-6-13-9(11-8)10-5-7-12-2/h8H,3-7H2,1-2H3,(H,10,11). The van der Waals surface area contributed by atoms with Crippen molar-refractivity contribution in [1.29, 1.82) is 0 Å². The van der Waals surface area contributed by atoms with Gasteiger partial charge < -0.3 is 5.32 Å². The molecule has 0 aliphatic carbocycles. The van der Waals surface area contributed by atoms with Gasteiger partial charge in [0, 0.05) is 17.5 Å². The van der Waals surface area contributed by atoms with Crippen molar-refractivity contribution in [2.24, 2.45) is 4.99 Å². The Morgan fingerprint density at radius 1 is 1.69 bits per heavy atom. The van der Waals surface area contributed by atoms with Crippen LogP contribution >= 0.6 is 23.5 Å². The first kappa shape index (κ1) is 11.2. The normalized spacial score (nSPS) is 26.0. The van der Waals surface area contributed by atoms with Crippen molar-refractivity contribution in [1.82, 2.24) is 5.32 Å². The highest BCUT2D eigenvalue weighted by Crippen LogP contribution is 2.15. The first-order chi connectivity index (χ1) is 6.36. The molecule has 0 saturated carbocycles. The van der Waals surface area contributed by atoms with Gasteiger partial charge in [-0.05, 0) is 19.1 Å². The zero-order valence-electron chi connectivity index (χ0n) is 8.38. The third kappa shape index (κ3) is 4.27. The fraction of sp³-hybridized carbons (Fsp3) is 0.889. The van der Waals surface area contributed by atoms with Crippen molar-refractivity contribution < 1.29 is 0 Å². The van der Waals surface area contributed by atoms with Crippen molar-refractivity contribution >= 4 is 28.7 Å². The van der Waals surface area contributed by atoms with Gasteiger partial charge in [-0.15, -0.1) is 0 Å². The number of aliphatic imine (C=N–C) groups is 1. The van der Waals surface area contributed by atoms with Gasteiger partial charge in [-0.1, -0.05) is 18.7 Å². The van der Waals surface area contributed by atoms with Crippen molar-refractivity contribution in [2.45, 2.75) is 25.8 Å². The second-order valence-electron chi connectivity index (χ2n) is 3.07. The van der Waals surface area contributed by atoms with E-state index in [0.717, 1.165) is 17.5 Å². The molecule has 0 spiro atoms. The molecular formula is C9H18N2S2. The van der Waals surface area contributed by atoms with Crippen LogP contribution in [0.15, 0.2) is 4.99 Å². The molecule has 0 aromatic rings. The van der Waals surface area contributed by atoms with Crippen LogP contribution in [0.2, 0.25) is 0 Å². The van der Waals surface area contributed by atoms with Crippen LogP contribution in [0.25, 0.3) is 0 Å². The zero-order valence-corrected chi connectivity index (χ0v) is 10.0. The molecule has 1 atom stereocenters. The molecule has 76 valence electrons. The summed E-state index contributed by atoms with van der Waals surface area (Å²) < 4.78 is 0. The Kier molecular flexibility index (Phi) is 5.71. The maximum Gasteiger partial charge on any atom is 0.156 e. The predicted octanol–water partition coefficient (Wildman–Crippen LogP) is 2.21. The van der Waals surface area contributed by atoms with E-state index in [0.29, 0.717) is 6.04 Å². The average molecular weight is 218 g/mol. The highest BCUT2D eigenvalue weighted by molar-refractivity contribution is 8.13. The van der Waals surface area contributed by atoms with Crippen LogP contribution in [-0.4, -0.2) is 35.5 Å². The third-order valence-electron chi connectivity index (χ3n) is 2.08. The predicted molar refractivity (Wildman–Crippen MR) is 65.0 cm³/mol. The van der Waals surface area contributed by atoms with Gasteiger partial charge in [0.25, 0.3) is 0 Å². The second kappa shape index (κ2) is 6.60. The van der Waals surface area contributed by atoms with E-state index in [-0.39, 0.29) is 0 Å². The summed E-state index contributed by atoms with van der Waals surface area (Å²) in [4.78, 5) is 4.52. The van der Waals surface area contributed by atoms with Crippen LogP contribution < -0.4 is 5.32 Å². The minimum absolute atomic E-state index is 0.661. The molecule has 1 aliphatic rings. The van der Waals surface area contributed by atoms with Gasteiger partial charge in [-0.25, -0.2) is 0 Å². The number of hydrogen-bond acceptors (Lipinski definition) is 3. The van der Waals surface area contributed by atoms with Gasteiger partial charge in [0.1, 0.15) is 0 Å². The minimum atomic E-state index is 0.661. The lowest BCUT2D eigenvalue weighted by atomic mass is 10.2. The van der Waals surface area contributed by atoms with Crippen LogP contribution in [0.5, 0.6) is 0 Å². The molecule has 2 nitrogen and oxygen atoms in total. The molecule has 1 N–H and O–H groups in total. The largest absolute Gasteiger partial charge is 0.362 e. The summed E-state index contributed by atoms with van der Waals surface area (Å²) in [6, 6.07) is 0.661. The van der Waals surface area contributed by atoms with E-state index in [1.807, 2.05) is 23.5 Å². The van der Waals surface area contributed by atoms with Gasteiger partial charge in [0.2, 0.25) is 0 Å². The van der Waals surface area contributed by atoms with Crippen molar-refractivity contribution in [3.05, 3.63) is 0 Å². The van der Waals surface area contributed by atoms with E-state index in [1.54, 1.807) is 0 Å². The molecule has 0 bridgehead atoms. The molecular weight excluding hydrogens is 200 g/mol. The lowest BCUT2D eigenvalue weighted by Crippen LogP contribution is -2.37. The Labute approximate surface area is 89.3 Å². The lowest BCUT2D eigenvalue weighted by molar-refractivity contribution is 0.571. The summed E-state index contributed by atoms with van der Waals surface area (Å²) in [6.07, 6.45) is 4.61. The lowest BCUT2D eigenvalue weighted by Gasteiger charge is -2.24. The second-order valence-corrected chi connectivity index (χ2v) is 5.14. The minimum Gasteiger partial charge on any atom is -0.362 e. The van der Waals surface area contributed by atoms with Crippen molar-refractivity contribution in [2.75, 3.05) is 24.3 Å². The average Bonchev–Trinajstić information content (AvgIpc) is 2.19. The molecule has 1 unspecified atom stereocenters. The molecule has 1 heterocycles. The summed E-state index contributed by atoms with van der Waals surface area (Å²) in [5.41, 5.74) is 0. The quantitative estimate of drug-likeness (QED) is 0.732. The molecule has 0 aromatic carbocycles. The monoisotopic (exact) mass is 218 g/mol. The van der Waals surface area contributed by atoms with Crippen molar-refractivity contribution in [3.8, 4) is 0 Å². The fourth-order valence-corrected chi connectivity index (χ4v) is 2.52. The Morgan fingerprint density at radius 2 is 2.54 bits per heavy atom. The number of nitrogens with one attached hydrogen (secondary N) is 1. The van der Waals surface area contributed by atoms with Gasteiger partial charge in [-0.2, -0.15) is 11.8 Å². The number of hydrogen-bond donors (Lipinski definition) is 1. The Morgan fingerprint density at radius 3 is 3.23 bits per heavy atom. The molecule has 0 amide bonds. The van der Waals surface area contributed by atoms with E-state index >= 15 is 0 Å². The summed E-state index contributed by atoms with van der Waals surface area (Å²) >= 11 is 3.72. The Hall–Kier alpha value is 0.170. The van der Waals surface area contributed by atoms with Crippen LogP contribution in [0.3, 0.4) is 0 Å². The maximum absolute atomic E-state index is 4.52. The summed E-state index contributed by atoms with van der Waals surface area (Å²) in [7, 11) is 0. The van der Waals surface area contributed by atoms with Gasteiger partial charge >= 0.3 is 0 Å². The zero-order chi connectivity index (χ0) is 9.52. The number of amidine groups is 1. The maximum atomic E-state index is 4.52. The summed E-state index contributed by atoms with van der Waals surface area (Å²) in [5.74, 6) is 2.35. The number of thioether (sulfide) groups is 2. The van der Waals surface area contributed by atoms with Crippen LogP contribution in [0.1, 0.15) is 19.8 Å². The van der Waals surface area contributed by atoms with E-state index in [1.165, 1.54) is 18.6 Å². The van der Waals surface area contributed by atoms with Crippen LogP contribution in [-0.2, 0) is 0 Å². The van der Waals surface area contributed by atoms with Gasteiger partial charge in [0.05, 0.1) is 6.54 Å². The molecule has 0 aromatic heterocycles. The highest BCUT2D eigenvalue weighted by Gasteiger charge is 2.14. The Balaban J connectivity index is 2.28. The van der Waals surface area contributed by atoms with E-state index in [4.69, 9.17) is 0 Å². The van der Waals surface area contributed by atoms with Crippen LogP contribution in [0.4, 0.5) is 0 Å². The van der Waals surface area contributed by atoms with Gasteiger partial charge in [-0.3, -0.25) is 4.99 Å². The smallest absolute Gasteiger partial charge is 0.156 e. The van der Waals surface area contributed by atoms with Crippen molar-refractivity contribution in [3.63, 3.8) is 0 Å². The molecule has 1 fully saturated rings. The number of nitrogens with zero attached hydrogens (tertiary/aromatic N) is 1. The fourth-order valence-electron chi connectivity index (χ4n) is 1.22. The number of rotatable bonds is 4. The van der Waals surface area contributed by atoms with E-state index in [2.05, 4.69) is 23.5 Å². The topological polar surface area (TPSA) is 24.4 Å². The molecule has 0 radical (unpaired) electrons. The van der Waals surface area contributed by atoms with E-state index < -0.39 is 0 Å². The summed E-state index contributed by atoms with van der Waals surface area (Å²) in [5, 5.41) is 4.63. The summed E-state index contributed by atoms with van der Waals surface area (Å²) in [6.45, 7) is 3.18. The Bertz CT molecular complexity index is 171. The van der Waals surface area contributed by atoms with E-state index in [9.17, 15) is 0 Å². The molecule has 1 aliphatic heterocycles. The molecule has 1 saturated heterocycles. The SMILES string of the molecule is CCC1CCSC(=NCCSC)N1. The first-order valence-electron chi connectivity index (χ1n) is 4.79. The molecule has 13 heavy (non-hydrogen) atoms. The molecule has 4 heteroatoms. The first-order valence-corrected chi connectivity index (χ1v) is 7.17.